The number of amides is 1. The highest BCUT2D eigenvalue weighted by Crippen LogP contribution is 2.27. The number of likely N-dealkylation sites (N-methyl/N-ethyl adjacent to an activating group) is 1. The SMILES string of the molecule is CN(C)C(=O)Cc1csc2cc(F)ccc12. The lowest BCUT2D eigenvalue weighted by molar-refractivity contribution is -0.127. The molecule has 1 heterocycles. The van der Waals surface area contributed by atoms with Gasteiger partial charge in [0.25, 0.3) is 0 Å². The van der Waals surface area contributed by atoms with Gasteiger partial charge in [-0.15, -0.1) is 11.3 Å². The number of carbonyl (C=O) groups excluding carboxylic acids is 1. The van der Waals surface area contributed by atoms with Crippen molar-refractivity contribution in [3.8, 4) is 0 Å². The topological polar surface area (TPSA) is 20.3 Å². The van der Waals surface area contributed by atoms with Crippen LogP contribution in [0.2, 0.25) is 0 Å². The number of rotatable bonds is 2. The molecule has 2 nitrogen and oxygen atoms in total. The Balaban J connectivity index is 2.35. The average Bonchev–Trinajstić information content (AvgIpc) is 2.60. The highest BCUT2D eigenvalue weighted by atomic mass is 32.1. The predicted octanol–water partition coefficient (Wildman–Crippen LogP) is 2.67. The van der Waals surface area contributed by atoms with Gasteiger partial charge < -0.3 is 4.90 Å². The highest BCUT2D eigenvalue weighted by molar-refractivity contribution is 7.17. The average molecular weight is 237 g/mol. The molecule has 1 aromatic heterocycles. The van der Waals surface area contributed by atoms with E-state index < -0.39 is 0 Å². The van der Waals surface area contributed by atoms with E-state index in [0.29, 0.717) is 6.42 Å². The lowest BCUT2D eigenvalue weighted by Gasteiger charge is -2.09. The number of thiophene rings is 1. The van der Waals surface area contributed by atoms with E-state index in [0.717, 1.165) is 15.6 Å². The standard InChI is InChI=1S/C12H12FNOS/c1-14(2)12(15)5-8-7-16-11-6-9(13)3-4-10(8)11/h3-4,6-7H,5H2,1-2H3. The molecule has 0 bridgehead atoms. The van der Waals surface area contributed by atoms with E-state index in [-0.39, 0.29) is 11.7 Å². The molecule has 84 valence electrons. The van der Waals surface area contributed by atoms with Gasteiger partial charge in [0.05, 0.1) is 6.42 Å². The number of carbonyl (C=O) groups is 1. The minimum absolute atomic E-state index is 0.0593. The van der Waals surface area contributed by atoms with Crippen molar-refractivity contribution in [3.63, 3.8) is 0 Å². The summed E-state index contributed by atoms with van der Waals surface area (Å²) in [6.45, 7) is 0. The first-order chi connectivity index (χ1) is 7.58. The summed E-state index contributed by atoms with van der Waals surface area (Å²) < 4.78 is 13.9. The Morgan fingerprint density at radius 2 is 2.19 bits per heavy atom. The monoisotopic (exact) mass is 237 g/mol. The normalized spacial score (nSPS) is 10.7. The van der Waals surface area contributed by atoms with Crippen LogP contribution >= 0.6 is 11.3 Å². The molecule has 0 aliphatic carbocycles. The third-order valence-electron chi connectivity index (χ3n) is 2.46. The Hall–Kier alpha value is -1.42. The second-order valence-corrected chi connectivity index (χ2v) is 4.78. The molecule has 1 aromatic carbocycles. The molecule has 4 heteroatoms. The lowest BCUT2D eigenvalue weighted by atomic mass is 10.1. The third-order valence-corrected chi connectivity index (χ3v) is 3.45. The molecular weight excluding hydrogens is 225 g/mol. The molecule has 0 N–H and O–H groups in total. The molecular formula is C12H12FNOS. The molecule has 2 rings (SSSR count). The predicted molar refractivity (Wildman–Crippen MR) is 64.2 cm³/mol. The minimum Gasteiger partial charge on any atom is -0.349 e. The van der Waals surface area contributed by atoms with E-state index in [4.69, 9.17) is 0 Å². The molecule has 0 radical (unpaired) electrons. The Kier molecular flexibility index (Phi) is 2.92. The number of benzene rings is 1. The van der Waals surface area contributed by atoms with Crippen LogP contribution in [0.25, 0.3) is 10.1 Å². The highest BCUT2D eigenvalue weighted by Gasteiger charge is 2.10. The second-order valence-electron chi connectivity index (χ2n) is 3.87. The number of hydrogen-bond acceptors (Lipinski definition) is 2. The van der Waals surface area contributed by atoms with Crippen LogP contribution in [0.4, 0.5) is 4.39 Å². The summed E-state index contributed by atoms with van der Waals surface area (Å²) in [7, 11) is 3.47. The first kappa shape index (κ1) is 11.1. The maximum absolute atomic E-state index is 13.0. The van der Waals surface area contributed by atoms with Gasteiger partial charge in [0.2, 0.25) is 5.91 Å². The Bertz CT molecular complexity index is 533. The van der Waals surface area contributed by atoms with Crippen LogP contribution in [-0.2, 0) is 11.2 Å². The second kappa shape index (κ2) is 4.22. The van der Waals surface area contributed by atoms with Gasteiger partial charge in [-0.2, -0.15) is 0 Å². The summed E-state index contributed by atoms with van der Waals surface area (Å²) in [5, 5.41) is 2.90. The van der Waals surface area contributed by atoms with E-state index in [1.165, 1.54) is 23.5 Å². The van der Waals surface area contributed by atoms with Crippen molar-refractivity contribution in [2.24, 2.45) is 0 Å². The lowest BCUT2D eigenvalue weighted by Crippen LogP contribution is -2.23. The van der Waals surface area contributed by atoms with Crippen LogP contribution in [0.15, 0.2) is 23.6 Å². The summed E-state index contributed by atoms with van der Waals surface area (Å²) in [6, 6.07) is 4.67. The smallest absolute Gasteiger partial charge is 0.226 e. The van der Waals surface area contributed by atoms with E-state index in [1.807, 2.05) is 5.38 Å². The van der Waals surface area contributed by atoms with Crippen LogP contribution in [0, 0.1) is 5.82 Å². The molecule has 0 spiro atoms. The molecule has 0 fully saturated rings. The molecule has 0 saturated carbocycles. The number of halogens is 1. The Labute approximate surface area is 97.3 Å². The van der Waals surface area contributed by atoms with E-state index in [9.17, 15) is 9.18 Å². The molecule has 16 heavy (non-hydrogen) atoms. The fourth-order valence-electron chi connectivity index (χ4n) is 1.51. The molecule has 0 unspecified atom stereocenters. The quantitative estimate of drug-likeness (QED) is 0.786. The van der Waals surface area contributed by atoms with Crippen molar-refractivity contribution in [2.45, 2.75) is 6.42 Å². The zero-order valence-electron chi connectivity index (χ0n) is 9.16. The van der Waals surface area contributed by atoms with Gasteiger partial charge >= 0.3 is 0 Å². The van der Waals surface area contributed by atoms with Crippen molar-refractivity contribution in [1.82, 2.24) is 4.90 Å². The van der Waals surface area contributed by atoms with Crippen LogP contribution in [0.3, 0.4) is 0 Å². The van der Waals surface area contributed by atoms with Gasteiger partial charge in [-0.05, 0) is 28.5 Å². The largest absolute Gasteiger partial charge is 0.349 e. The fourth-order valence-corrected chi connectivity index (χ4v) is 2.50. The Morgan fingerprint density at radius 3 is 2.88 bits per heavy atom. The van der Waals surface area contributed by atoms with Crippen molar-refractivity contribution in [3.05, 3.63) is 35.0 Å². The van der Waals surface area contributed by atoms with Crippen molar-refractivity contribution >= 4 is 27.3 Å². The third kappa shape index (κ3) is 2.07. The van der Waals surface area contributed by atoms with Gasteiger partial charge in [0, 0.05) is 18.8 Å². The summed E-state index contributed by atoms with van der Waals surface area (Å²) in [5.74, 6) is -0.177. The summed E-state index contributed by atoms with van der Waals surface area (Å²) >= 11 is 1.47. The molecule has 1 amide bonds. The van der Waals surface area contributed by atoms with Gasteiger partial charge in [0.15, 0.2) is 0 Å². The maximum atomic E-state index is 13.0. The van der Waals surface area contributed by atoms with Crippen LogP contribution < -0.4 is 0 Å². The molecule has 2 aromatic rings. The van der Waals surface area contributed by atoms with Crippen molar-refractivity contribution < 1.29 is 9.18 Å². The van der Waals surface area contributed by atoms with E-state index >= 15 is 0 Å². The summed E-state index contributed by atoms with van der Waals surface area (Å²) in [4.78, 5) is 13.1. The zero-order chi connectivity index (χ0) is 11.7. The van der Waals surface area contributed by atoms with E-state index in [2.05, 4.69) is 0 Å². The first-order valence-corrected chi connectivity index (χ1v) is 5.81. The number of nitrogens with zero attached hydrogens (tertiary/aromatic N) is 1. The Morgan fingerprint density at radius 1 is 1.44 bits per heavy atom. The number of fused-ring (bicyclic) bond motifs is 1. The summed E-state index contributed by atoms with van der Waals surface area (Å²) in [6.07, 6.45) is 0.374. The minimum atomic E-state index is -0.236. The molecule has 0 aliphatic rings. The van der Waals surface area contributed by atoms with Crippen molar-refractivity contribution in [2.75, 3.05) is 14.1 Å². The van der Waals surface area contributed by atoms with Gasteiger partial charge in [-0.1, -0.05) is 6.07 Å². The first-order valence-electron chi connectivity index (χ1n) is 4.93. The van der Waals surface area contributed by atoms with Gasteiger partial charge in [0.1, 0.15) is 5.82 Å². The molecule has 0 atom stereocenters. The van der Waals surface area contributed by atoms with Crippen molar-refractivity contribution in [1.29, 1.82) is 0 Å². The van der Waals surface area contributed by atoms with Crippen LogP contribution in [0.1, 0.15) is 5.56 Å². The molecule has 0 aliphatic heterocycles. The zero-order valence-corrected chi connectivity index (χ0v) is 9.97. The van der Waals surface area contributed by atoms with Crippen LogP contribution in [-0.4, -0.2) is 24.9 Å². The van der Waals surface area contributed by atoms with E-state index in [1.54, 1.807) is 25.1 Å². The fraction of sp³-hybridized carbons (Fsp3) is 0.250. The maximum Gasteiger partial charge on any atom is 0.226 e. The van der Waals surface area contributed by atoms with Gasteiger partial charge in [-0.3, -0.25) is 4.79 Å². The summed E-state index contributed by atoms with van der Waals surface area (Å²) in [5.41, 5.74) is 0.971. The molecule has 0 saturated heterocycles. The van der Waals surface area contributed by atoms with Gasteiger partial charge in [-0.25, -0.2) is 4.39 Å². The van der Waals surface area contributed by atoms with Crippen LogP contribution in [0.5, 0.6) is 0 Å². The number of hydrogen-bond donors (Lipinski definition) is 0.